The summed E-state index contributed by atoms with van der Waals surface area (Å²) in [4.78, 5) is 11.6. The van der Waals surface area contributed by atoms with Gasteiger partial charge in [-0.15, -0.1) is 0 Å². The van der Waals surface area contributed by atoms with Crippen molar-refractivity contribution in [2.45, 2.75) is 25.2 Å². The Balaban J connectivity index is 2.22. The molecule has 5 nitrogen and oxygen atoms in total. The van der Waals surface area contributed by atoms with Gasteiger partial charge in [0.2, 0.25) is 10.0 Å². The fraction of sp³-hybridized carbons (Fsp3) is 0.462. The number of nitrogens with one attached hydrogen (secondary N) is 1. The molecular weight excluding hydrogens is 319 g/mol. The first-order valence-corrected chi connectivity index (χ1v) is 8.25. The second-order valence-corrected chi connectivity index (χ2v) is 7.85. The molecule has 0 heterocycles. The molecule has 116 valence electrons. The van der Waals surface area contributed by atoms with Crippen molar-refractivity contribution < 1.29 is 17.6 Å². The van der Waals surface area contributed by atoms with Crippen LogP contribution in [0.5, 0.6) is 0 Å². The molecule has 2 rings (SSSR count). The molecular formula is C13H16ClFN2O3S. The smallest absolute Gasteiger partial charge is 0.252 e. The summed E-state index contributed by atoms with van der Waals surface area (Å²) in [7, 11) is -4.11. The van der Waals surface area contributed by atoms with Crippen LogP contribution in [-0.4, -0.2) is 20.9 Å². The first-order chi connectivity index (χ1) is 9.52. The standard InChI is InChI=1S/C13H16ClFN2O3S/c1-13(2)5-7(13)6-17-12(18)9-3-8(21(16,19)20)4-10(15)11(9)14/h3-4,7H,5-6H2,1-2H3,(H,17,18)(H2,16,19,20). The quantitative estimate of drug-likeness (QED) is 0.881. The highest BCUT2D eigenvalue weighted by atomic mass is 35.5. The zero-order chi connectivity index (χ0) is 16.0. The second kappa shape index (κ2) is 5.23. The van der Waals surface area contributed by atoms with Crippen LogP contribution >= 0.6 is 11.6 Å². The summed E-state index contributed by atoms with van der Waals surface area (Å²) in [5, 5.41) is 7.16. The van der Waals surface area contributed by atoms with E-state index in [-0.39, 0.29) is 11.0 Å². The Kier molecular flexibility index (Phi) is 4.03. The van der Waals surface area contributed by atoms with E-state index in [0.717, 1.165) is 12.5 Å². The van der Waals surface area contributed by atoms with Gasteiger partial charge in [-0.25, -0.2) is 17.9 Å². The molecule has 0 aliphatic heterocycles. The second-order valence-electron chi connectivity index (χ2n) is 5.91. The lowest BCUT2D eigenvalue weighted by Gasteiger charge is -2.10. The normalized spacial score (nSPS) is 20.1. The third-order valence-corrected chi connectivity index (χ3v) is 5.08. The van der Waals surface area contributed by atoms with Crippen molar-refractivity contribution in [2.75, 3.05) is 6.54 Å². The van der Waals surface area contributed by atoms with Gasteiger partial charge in [0.15, 0.2) is 0 Å². The zero-order valence-electron chi connectivity index (χ0n) is 11.6. The molecule has 3 N–H and O–H groups in total. The Morgan fingerprint density at radius 2 is 2.10 bits per heavy atom. The summed E-state index contributed by atoms with van der Waals surface area (Å²) in [6, 6.07) is 1.67. The molecule has 1 fully saturated rings. The van der Waals surface area contributed by atoms with Gasteiger partial charge in [0.05, 0.1) is 15.5 Å². The number of carbonyl (C=O) groups is 1. The highest BCUT2D eigenvalue weighted by molar-refractivity contribution is 7.89. The molecule has 1 aromatic rings. The van der Waals surface area contributed by atoms with E-state index in [1.54, 1.807) is 0 Å². The molecule has 1 aliphatic rings. The molecule has 1 aliphatic carbocycles. The van der Waals surface area contributed by atoms with Crippen LogP contribution in [0.15, 0.2) is 17.0 Å². The van der Waals surface area contributed by atoms with Crippen molar-refractivity contribution in [1.29, 1.82) is 0 Å². The first-order valence-electron chi connectivity index (χ1n) is 6.32. The van der Waals surface area contributed by atoms with Gasteiger partial charge < -0.3 is 5.32 Å². The Morgan fingerprint density at radius 1 is 1.52 bits per heavy atom. The largest absolute Gasteiger partial charge is 0.352 e. The highest BCUT2D eigenvalue weighted by Gasteiger charge is 2.45. The molecule has 1 saturated carbocycles. The SMILES string of the molecule is CC1(C)CC1CNC(=O)c1cc(S(N)(=O)=O)cc(F)c1Cl. The van der Waals surface area contributed by atoms with Gasteiger partial charge in [0, 0.05) is 6.54 Å². The van der Waals surface area contributed by atoms with Gasteiger partial charge in [-0.1, -0.05) is 25.4 Å². The van der Waals surface area contributed by atoms with E-state index in [2.05, 4.69) is 19.2 Å². The zero-order valence-corrected chi connectivity index (χ0v) is 13.2. The van der Waals surface area contributed by atoms with Crippen LogP contribution in [0, 0.1) is 17.2 Å². The van der Waals surface area contributed by atoms with E-state index in [1.807, 2.05) is 0 Å². The number of halogens is 2. The van der Waals surface area contributed by atoms with Gasteiger partial charge in [-0.3, -0.25) is 4.79 Å². The maximum atomic E-state index is 13.6. The van der Waals surface area contributed by atoms with Crippen LogP contribution in [0.4, 0.5) is 4.39 Å². The molecule has 1 unspecified atom stereocenters. The van der Waals surface area contributed by atoms with Gasteiger partial charge >= 0.3 is 0 Å². The fourth-order valence-electron chi connectivity index (χ4n) is 2.13. The van der Waals surface area contributed by atoms with Crippen molar-refractivity contribution in [3.8, 4) is 0 Å². The minimum atomic E-state index is -4.11. The molecule has 0 spiro atoms. The van der Waals surface area contributed by atoms with Crippen LogP contribution in [0.25, 0.3) is 0 Å². The van der Waals surface area contributed by atoms with E-state index in [4.69, 9.17) is 16.7 Å². The number of benzene rings is 1. The molecule has 0 saturated heterocycles. The first kappa shape index (κ1) is 16.2. The van der Waals surface area contributed by atoms with E-state index >= 15 is 0 Å². The average molecular weight is 335 g/mol. The van der Waals surface area contributed by atoms with Gasteiger partial charge in [-0.05, 0) is 29.9 Å². The lowest BCUT2D eigenvalue weighted by atomic mass is 10.1. The number of carbonyl (C=O) groups excluding carboxylic acids is 1. The summed E-state index contributed by atoms with van der Waals surface area (Å²) in [5.74, 6) is -1.27. The minimum absolute atomic E-state index is 0.185. The molecule has 0 radical (unpaired) electrons. The van der Waals surface area contributed by atoms with E-state index in [1.165, 1.54) is 0 Å². The summed E-state index contributed by atoms with van der Waals surface area (Å²) in [6.07, 6.45) is 0.993. The Morgan fingerprint density at radius 3 is 2.57 bits per heavy atom. The van der Waals surface area contributed by atoms with E-state index in [9.17, 15) is 17.6 Å². The number of hydrogen-bond acceptors (Lipinski definition) is 3. The van der Waals surface area contributed by atoms with Crippen molar-refractivity contribution in [2.24, 2.45) is 16.5 Å². The Bertz CT molecular complexity index is 704. The van der Waals surface area contributed by atoms with E-state index < -0.39 is 31.7 Å². The molecule has 0 bridgehead atoms. The number of rotatable bonds is 4. The molecule has 1 aromatic carbocycles. The summed E-state index contributed by atoms with van der Waals surface area (Å²) in [5.41, 5.74) is -0.0516. The van der Waals surface area contributed by atoms with Crippen LogP contribution < -0.4 is 10.5 Å². The van der Waals surface area contributed by atoms with Crippen molar-refractivity contribution >= 4 is 27.5 Å². The third kappa shape index (κ3) is 3.53. The van der Waals surface area contributed by atoms with Crippen LogP contribution in [0.1, 0.15) is 30.6 Å². The summed E-state index contributed by atoms with van der Waals surface area (Å²) >= 11 is 5.73. The molecule has 1 atom stereocenters. The predicted octanol–water partition coefficient (Wildman–Crippen LogP) is 1.90. The van der Waals surface area contributed by atoms with Gasteiger partial charge in [0.25, 0.3) is 5.91 Å². The third-order valence-electron chi connectivity index (χ3n) is 3.80. The maximum Gasteiger partial charge on any atom is 0.252 e. The number of primary sulfonamides is 1. The minimum Gasteiger partial charge on any atom is -0.352 e. The molecule has 0 aromatic heterocycles. The van der Waals surface area contributed by atoms with Crippen molar-refractivity contribution in [3.05, 3.63) is 28.5 Å². The molecule has 8 heteroatoms. The average Bonchev–Trinajstić information content (AvgIpc) is 2.96. The summed E-state index contributed by atoms with van der Waals surface area (Å²) in [6.45, 7) is 4.60. The fourth-order valence-corrected chi connectivity index (χ4v) is 2.87. The maximum absolute atomic E-state index is 13.6. The Hall–Kier alpha value is -1.18. The summed E-state index contributed by atoms with van der Waals surface area (Å²) < 4.78 is 36.2. The lowest BCUT2D eigenvalue weighted by Crippen LogP contribution is -2.27. The number of nitrogens with two attached hydrogens (primary N) is 1. The topological polar surface area (TPSA) is 89.3 Å². The van der Waals surface area contributed by atoms with Crippen molar-refractivity contribution in [3.63, 3.8) is 0 Å². The van der Waals surface area contributed by atoms with Crippen molar-refractivity contribution in [1.82, 2.24) is 5.32 Å². The lowest BCUT2D eigenvalue weighted by molar-refractivity contribution is 0.0950. The number of hydrogen-bond donors (Lipinski definition) is 2. The van der Waals surface area contributed by atoms with Crippen LogP contribution in [-0.2, 0) is 10.0 Å². The van der Waals surface area contributed by atoms with Gasteiger partial charge in [-0.2, -0.15) is 0 Å². The van der Waals surface area contributed by atoms with Crippen LogP contribution in [0.2, 0.25) is 5.02 Å². The Labute approximate surface area is 127 Å². The van der Waals surface area contributed by atoms with Crippen LogP contribution in [0.3, 0.4) is 0 Å². The monoisotopic (exact) mass is 334 g/mol. The van der Waals surface area contributed by atoms with E-state index in [0.29, 0.717) is 18.5 Å². The van der Waals surface area contributed by atoms with Gasteiger partial charge in [0.1, 0.15) is 5.82 Å². The number of sulfonamides is 1. The highest BCUT2D eigenvalue weighted by Crippen LogP contribution is 2.51. The molecule has 1 amide bonds. The molecule has 21 heavy (non-hydrogen) atoms. The number of amides is 1. The predicted molar refractivity (Wildman–Crippen MR) is 77.0 cm³/mol.